The lowest BCUT2D eigenvalue weighted by atomic mass is 9.85. The van der Waals surface area contributed by atoms with Crippen LogP contribution in [0.25, 0.3) is 0 Å². The Morgan fingerprint density at radius 1 is 1.06 bits per heavy atom. The number of amides is 1. The molecule has 3 aromatic rings. The lowest BCUT2D eigenvalue weighted by molar-refractivity contribution is -0.384. The molecule has 1 heterocycles. The van der Waals surface area contributed by atoms with Crippen LogP contribution in [0.2, 0.25) is 0 Å². The minimum Gasteiger partial charge on any atom is -0.439 e. The summed E-state index contributed by atoms with van der Waals surface area (Å²) in [6.45, 7) is 9.19. The number of nitriles is 1. The molecule has 180 valence electrons. The van der Waals surface area contributed by atoms with Gasteiger partial charge in [-0.2, -0.15) is 10.2 Å². The zero-order valence-corrected chi connectivity index (χ0v) is 20.2. The molecule has 2 aromatic carbocycles. The van der Waals surface area contributed by atoms with E-state index in [-0.39, 0.29) is 23.3 Å². The van der Waals surface area contributed by atoms with Crippen molar-refractivity contribution in [1.29, 1.82) is 5.26 Å². The Kier molecular flexibility index (Phi) is 7.06. The number of hydrogen-bond donors (Lipinski definition) is 2. The Bertz CT molecular complexity index is 1310. The van der Waals surface area contributed by atoms with Gasteiger partial charge in [0.1, 0.15) is 5.75 Å². The topological polar surface area (TPSA) is 130 Å². The molecule has 0 aliphatic carbocycles. The van der Waals surface area contributed by atoms with Crippen LogP contribution in [-0.4, -0.2) is 21.4 Å². The molecule has 9 heteroatoms. The summed E-state index contributed by atoms with van der Waals surface area (Å²) in [7, 11) is 0. The lowest BCUT2D eigenvalue weighted by Gasteiger charge is -2.21. The zero-order valence-electron chi connectivity index (χ0n) is 20.2. The van der Waals surface area contributed by atoms with E-state index in [1.54, 1.807) is 56.3 Å². The summed E-state index contributed by atoms with van der Waals surface area (Å²) in [5.74, 6) is 0.329. The second-order valence-corrected chi connectivity index (χ2v) is 9.55. The number of carbonyl (C=O) groups is 1. The molecule has 2 N–H and O–H groups in total. The van der Waals surface area contributed by atoms with Gasteiger partial charge in [-0.25, -0.2) is 0 Å². The molecule has 1 aromatic heterocycles. The quantitative estimate of drug-likeness (QED) is 0.316. The van der Waals surface area contributed by atoms with Gasteiger partial charge in [-0.05, 0) is 64.4 Å². The Balaban J connectivity index is 1.80. The van der Waals surface area contributed by atoms with E-state index in [2.05, 4.69) is 21.7 Å². The first kappa shape index (κ1) is 25.2. The SMILES string of the molecule is CC(C)(C)Nc1nc(Oc2cccc(NC(=O)c3cccc(C(C)(C)C#N)c3)c2)ccc1[N+](=O)[O-]. The Morgan fingerprint density at radius 2 is 1.77 bits per heavy atom. The molecule has 0 radical (unpaired) electrons. The maximum absolute atomic E-state index is 12.8. The number of ether oxygens (including phenoxy) is 1. The summed E-state index contributed by atoms with van der Waals surface area (Å²) < 4.78 is 5.81. The van der Waals surface area contributed by atoms with Crippen molar-refractivity contribution >= 4 is 23.1 Å². The summed E-state index contributed by atoms with van der Waals surface area (Å²) in [5, 5.41) is 26.6. The van der Waals surface area contributed by atoms with E-state index in [9.17, 15) is 20.2 Å². The van der Waals surface area contributed by atoms with E-state index >= 15 is 0 Å². The number of nitrogens with one attached hydrogen (secondary N) is 2. The molecule has 35 heavy (non-hydrogen) atoms. The highest BCUT2D eigenvalue weighted by molar-refractivity contribution is 6.04. The van der Waals surface area contributed by atoms with Crippen molar-refractivity contribution in [3.05, 3.63) is 81.9 Å². The molecular formula is C26H27N5O4. The molecule has 0 saturated carbocycles. The Hall–Kier alpha value is -4.45. The monoisotopic (exact) mass is 473 g/mol. The highest BCUT2D eigenvalue weighted by atomic mass is 16.6. The van der Waals surface area contributed by atoms with Crippen LogP contribution in [-0.2, 0) is 5.41 Å². The largest absolute Gasteiger partial charge is 0.439 e. The number of nitrogens with zero attached hydrogens (tertiary/aromatic N) is 3. The van der Waals surface area contributed by atoms with Crippen molar-refractivity contribution in [3.63, 3.8) is 0 Å². The van der Waals surface area contributed by atoms with Gasteiger partial charge >= 0.3 is 5.69 Å². The van der Waals surface area contributed by atoms with Crippen LogP contribution in [0.15, 0.2) is 60.7 Å². The van der Waals surface area contributed by atoms with E-state index in [4.69, 9.17) is 4.74 Å². The van der Waals surface area contributed by atoms with Gasteiger partial charge in [-0.1, -0.05) is 18.2 Å². The summed E-state index contributed by atoms with van der Waals surface area (Å²) in [6.07, 6.45) is 0. The first-order valence-corrected chi connectivity index (χ1v) is 10.9. The van der Waals surface area contributed by atoms with Crippen LogP contribution in [0, 0.1) is 21.4 Å². The predicted octanol–water partition coefficient (Wildman–Crippen LogP) is 6.05. The molecule has 0 bridgehead atoms. The van der Waals surface area contributed by atoms with Crippen molar-refractivity contribution in [2.45, 2.75) is 45.6 Å². The van der Waals surface area contributed by atoms with E-state index in [1.807, 2.05) is 26.8 Å². The fourth-order valence-electron chi connectivity index (χ4n) is 3.16. The van der Waals surface area contributed by atoms with Crippen LogP contribution in [0.3, 0.4) is 0 Å². The van der Waals surface area contributed by atoms with Crippen molar-refractivity contribution < 1.29 is 14.5 Å². The van der Waals surface area contributed by atoms with Crippen molar-refractivity contribution in [2.75, 3.05) is 10.6 Å². The second kappa shape index (κ2) is 9.81. The summed E-state index contributed by atoms with van der Waals surface area (Å²) in [5.41, 5.74) is 0.339. The summed E-state index contributed by atoms with van der Waals surface area (Å²) >= 11 is 0. The fourth-order valence-corrected chi connectivity index (χ4v) is 3.16. The molecule has 0 unspecified atom stereocenters. The molecule has 1 amide bonds. The highest BCUT2D eigenvalue weighted by Gasteiger charge is 2.22. The minimum absolute atomic E-state index is 0.102. The molecular weight excluding hydrogens is 446 g/mol. The second-order valence-electron chi connectivity index (χ2n) is 9.55. The lowest BCUT2D eigenvalue weighted by Crippen LogP contribution is -2.27. The van der Waals surface area contributed by atoms with Gasteiger partial charge in [0.05, 0.1) is 16.4 Å². The predicted molar refractivity (Wildman–Crippen MR) is 134 cm³/mol. The summed E-state index contributed by atoms with van der Waals surface area (Å²) in [6, 6.07) is 18.6. The molecule has 3 rings (SSSR count). The normalized spacial score (nSPS) is 11.3. The van der Waals surface area contributed by atoms with Gasteiger partial charge in [0.25, 0.3) is 5.91 Å². The Labute approximate surface area is 203 Å². The number of anilines is 2. The molecule has 0 saturated heterocycles. The van der Waals surface area contributed by atoms with Crippen LogP contribution in [0.4, 0.5) is 17.2 Å². The number of pyridine rings is 1. The summed E-state index contributed by atoms with van der Waals surface area (Å²) in [4.78, 5) is 27.9. The molecule has 0 atom stereocenters. The molecule has 0 aliphatic heterocycles. The smallest absolute Gasteiger partial charge is 0.311 e. The van der Waals surface area contributed by atoms with E-state index in [0.717, 1.165) is 5.56 Å². The van der Waals surface area contributed by atoms with E-state index < -0.39 is 15.9 Å². The third-order valence-electron chi connectivity index (χ3n) is 4.98. The van der Waals surface area contributed by atoms with E-state index in [0.29, 0.717) is 17.0 Å². The van der Waals surface area contributed by atoms with Gasteiger partial charge < -0.3 is 15.4 Å². The first-order chi connectivity index (χ1) is 16.4. The number of benzene rings is 2. The van der Waals surface area contributed by atoms with Gasteiger partial charge in [-0.15, -0.1) is 0 Å². The van der Waals surface area contributed by atoms with Gasteiger partial charge in [0, 0.05) is 35.0 Å². The minimum atomic E-state index is -0.720. The molecule has 0 fully saturated rings. The number of aromatic nitrogens is 1. The zero-order chi connectivity index (χ0) is 25.8. The Morgan fingerprint density at radius 3 is 2.43 bits per heavy atom. The number of carbonyl (C=O) groups excluding carboxylic acids is 1. The number of nitro groups is 1. The average Bonchev–Trinajstić information content (AvgIpc) is 2.78. The third kappa shape index (κ3) is 6.54. The van der Waals surface area contributed by atoms with Crippen LogP contribution in [0.5, 0.6) is 11.6 Å². The van der Waals surface area contributed by atoms with Crippen molar-refractivity contribution in [3.8, 4) is 17.7 Å². The van der Waals surface area contributed by atoms with Gasteiger partial charge in [-0.3, -0.25) is 14.9 Å². The highest BCUT2D eigenvalue weighted by Crippen LogP contribution is 2.30. The maximum Gasteiger partial charge on any atom is 0.311 e. The van der Waals surface area contributed by atoms with Crippen molar-refractivity contribution in [2.24, 2.45) is 0 Å². The van der Waals surface area contributed by atoms with Crippen LogP contribution >= 0.6 is 0 Å². The number of rotatable bonds is 7. The van der Waals surface area contributed by atoms with Gasteiger partial charge in [0.2, 0.25) is 11.7 Å². The maximum atomic E-state index is 12.8. The molecule has 9 nitrogen and oxygen atoms in total. The fraction of sp³-hybridized carbons (Fsp3) is 0.269. The van der Waals surface area contributed by atoms with Crippen molar-refractivity contribution in [1.82, 2.24) is 4.98 Å². The van der Waals surface area contributed by atoms with Crippen LogP contribution in [0.1, 0.15) is 50.5 Å². The standard InChI is InChI=1S/C26H27N5O4/c1-25(2,3)30-23-21(31(33)34)12-13-22(29-23)35-20-11-7-10-19(15-20)28-24(32)17-8-6-9-18(14-17)26(4,5)16-27/h6-15H,1-5H3,(H,28,32)(H,29,30). The van der Waals surface area contributed by atoms with Crippen LogP contribution < -0.4 is 15.4 Å². The first-order valence-electron chi connectivity index (χ1n) is 10.9. The number of hydrogen-bond acceptors (Lipinski definition) is 7. The third-order valence-corrected chi connectivity index (χ3v) is 4.98. The molecule has 0 aliphatic rings. The van der Waals surface area contributed by atoms with Gasteiger partial charge in [0.15, 0.2) is 0 Å². The average molecular weight is 474 g/mol. The van der Waals surface area contributed by atoms with E-state index in [1.165, 1.54) is 12.1 Å². The molecule has 0 spiro atoms.